The quantitative estimate of drug-likeness (QED) is 0.454. The van der Waals surface area contributed by atoms with Gasteiger partial charge >= 0.3 is 0 Å². The summed E-state index contributed by atoms with van der Waals surface area (Å²) in [6.07, 6.45) is 7.35. The van der Waals surface area contributed by atoms with Crippen LogP contribution in [0.3, 0.4) is 0 Å². The Morgan fingerprint density at radius 1 is 1.20 bits per heavy atom. The highest BCUT2D eigenvalue weighted by molar-refractivity contribution is 7.99. The van der Waals surface area contributed by atoms with Gasteiger partial charge in [-0.2, -0.15) is 5.26 Å². The van der Waals surface area contributed by atoms with Crippen LogP contribution in [-0.2, 0) is 6.80 Å². The summed E-state index contributed by atoms with van der Waals surface area (Å²) in [4.78, 5) is 13.1. The van der Waals surface area contributed by atoms with Crippen molar-refractivity contribution in [1.82, 2.24) is 4.57 Å². The zero-order chi connectivity index (χ0) is 18.1. The number of thioether (sulfide) groups is 1. The predicted octanol–water partition coefficient (Wildman–Crippen LogP) is 5.25. The molecule has 0 radical (unpaired) electrons. The van der Waals surface area contributed by atoms with Crippen LogP contribution in [0, 0.1) is 17.2 Å². The number of pyridine rings is 1. The van der Waals surface area contributed by atoms with Crippen molar-refractivity contribution < 1.29 is 4.39 Å². The number of unbranched alkanes of at least 4 members (excludes halogenated alkanes) is 2. The second-order valence-electron chi connectivity index (χ2n) is 6.11. The van der Waals surface area contributed by atoms with Crippen LogP contribution in [0.4, 0.5) is 4.39 Å². The van der Waals surface area contributed by atoms with Crippen molar-refractivity contribution in [3.05, 3.63) is 52.9 Å². The van der Waals surface area contributed by atoms with Crippen LogP contribution in [0.1, 0.15) is 32.6 Å². The van der Waals surface area contributed by atoms with Crippen molar-refractivity contribution in [2.75, 3.05) is 5.75 Å². The summed E-state index contributed by atoms with van der Waals surface area (Å²) in [7, 11) is 0. The number of nitriles is 1. The van der Waals surface area contributed by atoms with E-state index in [-0.39, 0.29) is 11.3 Å². The van der Waals surface area contributed by atoms with E-state index in [1.54, 1.807) is 18.0 Å². The third kappa shape index (κ3) is 6.06. The van der Waals surface area contributed by atoms with Crippen molar-refractivity contribution in [2.24, 2.45) is 5.92 Å². The lowest BCUT2D eigenvalue weighted by atomic mass is 10.1. The fraction of sp³-hybridized carbons (Fsp3) is 0.400. The molecule has 0 aliphatic carbocycles. The monoisotopic (exact) mass is 358 g/mol. The van der Waals surface area contributed by atoms with Crippen LogP contribution in [0.5, 0.6) is 0 Å². The summed E-state index contributed by atoms with van der Waals surface area (Å²) < 4.78 is 14.1. The maximum atomic E-state index is 12.8. The molecule has 0 N–H and O–H groups in total. The highest BCUT2D eigenvalue weighted by Gasteiger charge is 2.04. The van der Waals surface area contributed by atoms with Gasteiger partial charge in [-0.1, -0.05) is 25.0 Å². The zero-order valence-corrected chi connectivity index (χ0v) is 15.3. The Balaban J connectivity index is 1.84. The normalized spacial score (nSPS) is 11.9. The molecule has 1 unspecified atom stereocenters. The summed E-state index contributed by atoms with van der Waals surface area (Å²) in [6, 6.07) is 11.5. The SMILES string of the molecule is CC(C#N)CCCCCSc1ccc(-c2cn(CF)ccc2=O)cc1. The second-order valence-corrected chi connectivity index (χ2v) is 7.28. The first-order valence-electron chi connectivity index (χ1n) is 8.53. The van der Waals surface area contributed by atoms with E-state index in [0.29, 0.717) is 5.56 Å². The van der Waals surface area contributed by atoms with Gasteiger partial charge in [0.1, 0.15) is 0 Å². The highest BCUT2D eigenvalue weighted by atomic mass is 32.2. The molecule has 0 spiro atoms. The summed E-state index contributed by atoms with van der Waals surface area (Å²) in [6.45, 7) is 1.32. The van der Waals surface area contributed by atoms with Crippen LogP contribution >= 0.6 is 11.8 Å². The maximum absolute atomic E-state index is 12.8. The molecular weight excluding hydrogens is 335 g/mol. The van der Waals surface area contributed by atoms with Crippen molar-refractivity contribution in [3.8, 4) is 17.2 Å². The predicted molar refractivity (Wildman–Crippen MR) is 101 cm³/mol. The molecule has 1 heterocycles. The Labute approximate surface area is 152 Å². The Bertz CT molecular complexity index is 765. The number of rotatable bonds is 9. The Morgan fingerprint density at radius 3 is 2.64 bits per heavy atom. The van der Waals surface area contributed by atoms with Gasteiger partial charge in [-0.05, 0) is 43.2 Å². The highest BCUT2D eigenvalue weighted by Crippen LogP contribution is 2.24. The van der Waals surface area contributed by atoms with Crippen LogP contribution in [0.25, 0.3) is 11.1 Å². The molecule has 5 heteroatoms. The van der Waals surface area contributed by atoms with E-state index < -0.39 is 6.80 Å². The fourth-order valence-corrected chi connectivity index (χ4v) is 3.44. The molecule has 0 bridgehead atoms. The van der Waals surface area contributed by atoms with Gasteiger partial charge in [0.15, 0.2) is 12.2 Å². The number of hydrogen-bond acceptors (Lipinski definition) is 3. The first-order valence-corrected chi connectivity index (χ1v) is 9.51. The molecule has 0 saturated carbocycles. The molecule has 1 aromatic heterocycles. The number of halogens is 1. The first kappa shape index (κ1) is 19.3. The summed E-state index contributed by atoms with van der Waals surface area (Å²) in [5, 5.41) is 8.74. The minimum Gasteiger partial charge on any atom is -0.326 e. The minimum atomic E-state index is -0.644. The van der Waals surface area contributed by atoms with Crippen molar-refractivity contribution in [1.29, 1.82) is 5.26 Å². The van der Waals surface area contributed by atoms with Crippen molar-refractivity contribution >= 4 is 11.8 Å². The molecule has 2 rings (SSSR count). The van der Waals surface area contributed by atoms with Gasteiger partial charge in [0, 0.05) is 34.8 Å². The fourth-order valence-electron chi connectivity index (χ4n) is 2.53. The molecule has 132 valence electrons. The topological polar surface area (TPSA) is 45.8 Å². The smallest absolute Gasteiger partial charge is 0.189 e. The molecule has 0 aliphatic heterocycles. The van der Waals surface area contributed by atoms with Crippen LogP contribution in [-0.4, -0.2) is 10.3 Å². The van der Waals surface area contributed by atoms with E-state index in [2.05, 4.69) is 6.07 Å². The molecule has 0 amide bonds. The van der Waals surface area contributed by atoms with Gasteiger partial charge in [0.2, 0.25) is 0 Å². The number of hydrogen-bond donors (Lipinski definition) is 0. The van der Waals surface area contributed by atoms with E-state index >= 15 is 0 Å². The Morgan fingerprint density at radius 2 is 1.96 bits per heavy atom. The minimum absolute atomic E-state index is 0.100. The van der Waals surface area contributed by atoms with Crippen molar-refractivity contribution in [3.63, 3.8) is 0 Å². The molecule has 0 aliphatic rings. The summed E-state index contributed by atoms with van der Waals surface area (Å²) in [5.41, 5.74) is 1.22. The van der Waals surface area contributed by atoms with Crippen LogP contribution in [0.2, 0.25) is 0 Å². The summed E-state index contributed by atoms with van der Waals surface area (Å²) >= 11 is 1.79. The average molecular weight is 358 g/mol. The third-order valence-corrected chi connectivity index (χ3v) is 5.15. The average Bonchev–Trinajstić information content (AvgIpc) is 2.65. The van der Waals surface area contributed by atoms with E-state index in [1.807, 2.05) is 31.2 Å². The number of aromatic nitrogens is 1. The molecule has 0 saturated heterocycles. The van der Waals surface area contributed by atoms with Gasteiger partial charge in [-0.3, -0.25) is 4.79 Å². The lowest BCUT2D eigenvalue weighted by Gasteiger charge is -2.07. The number of nitrogens with zero attached hydrogens (tertiary/aromatic N) is 2. The molecule has 1 atom stereocenters. The van der Waals surface area contributed by atoms with E-state index in [1.165, 1.54) is 16.8 Å². The van der Waals surface area contributed by atoms with E-state index in [0.717, 1.165) is 41.9 Å². The second kappa shape index (κ2) is 10.0. The maximum Gasteiger partial charge on any atom is 0.189 e. The van der Waals surface area contributed by atoms with Crippen LogP contribution in [0.15, 0.2) is 52.4 Å². The Kier molecular flexibility index (Phi) is 7.75. The molecular formula is C20H23FN2OS. The lowest BCUT2D eigenvalue weighted by Crippen LogP contribution is -2.07. The summed E-state index contributed by atoms with van der Waals surface area (Å²) in [5.74, 6) is 1.19. The van der Waals surface area contributed by atoms with Gasteiger partial charge in [-0.25, -0.2) is 4.39 Å². The lowest BCUT2D eigenvalue weighted by molar-refractivity contribution is 0.376. The number of benzene rings is 1. The van der Waals surface area contributed by atoms with E-state index in [4.69, 9.17) is 5.26 Å². The molecule has 1 aromatic carbocycles. The Hall–Kier alpha value is -2.06. The third-order valence-electron chi connectivity index (χ3n) is 4.05. The van der Waals surface area contributed by atoms with Gasteiger partial charge < -0.3 is 4.57 Å². The van der Waals surface area contributed by atoms with Crippen molar-refractivity contribution in [2.45, 2.75) is 44.3 Å². The first-order chi connectivity index (χ1) is 12.1. The number of alkyl halides is 1. The van der Waals surface area contributed by atoms with Gasteiger partial charge in [0.05, 0.1) is 6.07 Å². The molecule has 25 heavy (non-hydrogen) atoms. The van der Waals surface area contributed by atoms with E-state index in [9.17, 15) is 9.18 Å². The van der Waals surface area contributed by atoms with Gasteiger partial charge in [-0.15, -0.1) is 11.8 Å². The zero-order valence-electron chi connectivity index (χ0n) is 14.5. The largest absolute Gasteiger partial charge is 0.326 e. The van der Waals surface area contributed by atoms with Crippen LogP contribution < -0.4 is 5.43 Å². The molecule has 2 aromatic rings. The molecule has 3 nitrogen and oxygen atoms in total. The standard InChI is InChI=1S/C20H23FN2OS/c1-16(13-22)5-3-2-4-12-25-18-8-6-17(7-9-18)19-14-23(15-21)11-10-20(19)24/h6-11,14,16H,2-5,12,15H2,1H3. The molecule has 0 fully saturated rings. The van der Waals surface area contributed by atoms with Gasteiger partial charge in [0.25, 0.3) is 0 Å².